The Bertz CT molecular complexity index is 427. The zero-order valence-corrected chi connectivity index (χ0v) is 12.4. The Morgan fingerprint density at radius 2 is 1.89 bits per heavy atom. The van der Waals surface area contributed by atoms with Gasteiger partial charge in [0.2, 0.25) is 0 Å². The Morgan fingerprint density at radius 3 is 2.47 bits per heavy atom. The van der Waals surface area contributed by atoms with Crippen molar-refractivity contribution in [3.05, 3.63) is 29.6 Å². The highest BCUT2D eigenvalue weighted by atomic mass is 16.5. The lowest BCUT2D eigenvalue weighted by Crippen LogP contribution is -2.56. The molecular weight excluding hydrogens is 238 g/mol. The highest BCUT2D eigenvalue weighted by Gasteiger charge is 2.37. The highest BCUT2D eigenvalue weighted by molar-refractivity contribution is 5.16. The fourth-order valence-electron chi connectivity index (χ4n) is 3.05. The molecule has 1 aliphatic heterocycles. The normalized spacial score (nSPS) is 22.4. The van der Waals surface area contributed by atoms with Gasteiger partial charge >= 0.3 is 0 Å². The molecule has 1 aromatic rings. The zero-order valence-electron chi connectivity index (χ0n) is 12.4. The second-order valence-corrected chi connectivity index (χ2v) is 6.63. The van der Waals surface area contributed by atoms with E-state index in [4.69, 9.17) is 10.5 Å². The molecule has 0 atom stereocenters. The minimum Gasteiger partial charge on any atom is -0.367 e. The van der Waals surface area contributed by atoms with E-state index in [0.717, 1.165) is 25.3 Å². The smallest absolute Gasteiger partial charge is 0.0760 e. The van der Waals surface area contributed by atoms with Gasteiger partial charge in [-0.1, -0.05) is 0 Å². The number of rotatable bonds is 3. The van der Waals surface area contributed by atoms with Crippen molar-refractivity contribution in [3.63, 3.8) is 0 Å². The van der Waals surface area contributed by atoms with Crippen LogP contribution in [0.25, 0.3) is 0 Å². The van der Waals surface area contributed by atoms with Gasteiger partial charge in [-0.15, -0.1) is 0 Å². The summed E-state index contributed by atoms with van der Waals surface area (Å²) in [5.41, 5.74) is 7.65. The molecule has 2 rings (SSSR count). The van der Waals surface area contributed by atoms with Crippen molar-refractivity contribution in [2.24, 2.45) is 5.73 Å². The number of hydrogen-bond acceptors (Lipinski definition) is 4. The molecule has 2 N–H and O–H groups in total. The molecule has 0 aromatic carbocycles. The van der Waals surface area contributed by atoms with Crippen LogP contribution in [0.1, 0.15) is 39.0 Å². The number of morpholine rings is 1. The molecule has 4 heteroatoms. The molecule has 2 heterocycles. The summed E-state index contributed by atoms with van der Waals surface area (Å²) in [4.78, 5) is 6.68. The molecule has 0 aliphatic carbocycles. The molecule has 1 saturated heterocycles. The van der Waals surface area contributed by atoms with Gasteiger partial charge < -0.3 is 10.5 Å². The quantitative estimate of drug-likeness (QED) is 0.905. The van der Waals surface area contributed by atoms with Gasteiger partial charge in [0.1, 0.15) is 0 Å². The van der Waals surface area contributed by atoms with E-state index in [-0.39, 0.29) is 11.2 Å². The lowest BCUT2D eigenvalue weighted by molar-refractivity contribution is -0.182. The maximum absolute atomic E-state index is 6.10. The molecular formula is C15H25N3O. The van der Waals surface area contributed by atoms with Crippen LogP contribution < -0.4 is 5.73 Å². The lowest BCUT2D eigenvalue weighted by Gasteiger charge is -2.47. The summed E-state index contributed by atoms with van der Waals surface area (Å²) in [7, 11) is 0. The minimum absolute atomic E-state index is 0.106. The number of ether oxygens (including phenoxy) is 1. The van der Waals surface area contributed by atoms with Crippen molar-refractivity contribution in [2.45, 2.75) is 52.0 Å². The first-order chi connectivity index (χ1) is 8.80. The summed E-state index contributed by atoms with van der Waals surface area (Å²) in [6.45, 7) is 11.9. The monoisotopic (exact) mass is 263 g/mol. The van der Waals surface area contributed by atoms with Crippen LogP contribution in [0.5, 0.6) is 0 Å². The second kappa shape index (κ2) is 5.19. The van der Waals surface area contributed by atoms with Crippen molar-refractivity contribution in [3.8, 4) is 0 Å². The van der Waals surface area contributed by atoms with Crippen LogP contribution in [0.4, 0.5) is 0 Å². The largest absolute Gasteiger partial charge is 0.367 e. The Kier molecular flexibility index (Phi) is 3.95. The summed E-state index contributed by atoms with van der Waals surface area (Å²) in [5.74, 6) is 0. The summed E-state index contributed by atoms with van der Waals surface area (Å²) in [5, 5.41) is 0. The fraction of sp³-hybridized carbons (Fsp3) is 0.667. The molecule has 19 heavy (non-hydrogen) atoms. The van der Waals surface area contributed by atoms with E-state index in [1.165, 1.54) is 5.56 Å². The van der Waals surface area contributed by atoms with E-state index in [0.29, 0.717) is 6.54 Å². The zero-order chi connectivity index (χ0) is 14.1. The van der Waals surface area contributed by atoms with Crippen LogP contribution in [0, 0.1) is 0 Å². The maximum atomic E-state index is 6.10. The molecule has 1 fully saturated rings. The number of pyridine rings is 1. The maximum Gasteiger partial charge on any atom is 0.0760 e. The number of nitrogens with zero attached hydrogens (tertiary/aromatic N) is 2. The molecule has 106 valence electrons. The van der Waals surface area contributed by atoms with Gasteiger partial charge in [0.15, 0.2) is 0 Å². The average molecular weight is 263 g/mol. The summed E-state index contributed by atoms with van der Waals surface area (Å²) < 4.78 is 6.10. The van der Waals surface area contributed by atoms with Gasteiger partial charge in [0, 0.05) is 32.4 Å². The van der Waals surface area contributed by atoms with E-state index in [2.05, 4.69) is 49.7 Å². The Morgan fingerprint density at radius 1 is 1.26 bits per heavy atom. The third-order valence-corrected chi connectivity index (χ3v) is 3.26. The third-order valence-electron chi connectivity index (χ3n) is 3.26. The molecule has 0 unspecified atom stereocenters. The molecule has 1 aliphatic rings. The Balaban J connectivity index is 2.09. The number of aromatic nitrogens is 1. The first kappa shape index (κ1) is 14.4. The topological polar surface area (TPSA) is 51.4 Å². The van der Waals surface area contributed by atoms with Gasteiger partial charge in [0.05, 0.1) is 16.9 Å². The number of hydrogen-bond donors (Lipinski definition) is 1. The molecule has 4 nitrogen and oxygen atoms in total. The molecule has 0 saturated carbocycles. The van der Waals surface area contributed by atoms with E-state index in [9.17, 15) is 0 Å². The SMILES string of the molecule is CC1(C)CN(Cc2ccnc(CN)c2)CC(C)(C)O1. The van der Waals surface area contributed by atoms with Crippen LogP contribution in [0.15, 0.2) is 18.3 Å². The molecule has 0 amide bonds. The van der Waals surface area contributed by atoms with Crippen molar-refractivity contribution >= 4 is 0 Å². The van der Waals surface area contributed by atoms with Gasteiger partial charge in [0.25, 0.3) is 0 Å². The standard InChI is InChI=1S/C15H25N3O/c1-14(2)10-18(11-15(3,4)19-14)9-12-5-6-17-13(7-12)8-16/h5-7H,8-11,16H2,1-4H3. The van der Waals surface area contributed by atoms with Gasteiger partial charge in [-0.2, -0.15) is 0 Å². The highest BCUT2D eigenvalue weighted by Crippen LogP contribution is 2.28. The van der Waals surface area contributed by atoms with Crippen LogP contribution in [0.2, 0.25) is 0 Å². The first-order valence-electron chi connectivity index (χ1n) is 6.86. The molecule has 0 spiro atoms. The van der Waals surface area contributed by atoms with Crippen LogP contribution in [-0.4, -0.2) is 34.2 Å². The fourth-order valence-corrected chi connectivity index (χ4v) is 3.05. The van der Waals surface area contributed by atoms with Gasteiger partial charge in [-0.05, 0) is 45.4 Å². The predicted molar refractivity (Wildman–Crippen MR) is 76.6 cm³/mol. The minimum atomic E-state index is -0.106. The van der Waals surface area contributed by atoms with Gasteiger partial charge in [-0.3, -0.25) is 9.88 Å². The van der Waals surface area contributed by atoms with Crippen molar-refractivity contribution in [1.82, 2.24) is 9.88 Å². The average Bonchev–Trinajstić information content (AvgIpc) is 2.24. The first-order valence-corrected chi connectivity index (χ1v) is 6.86. The third kappa shape index (κ3) is 4.00. The van der Waals surface area contributed by atoms with Gasteiger partial charge in [-0.25, -0.2) is 0 Å². The predicted octanol–water partition coefficient (Wildman–Crippen LogP) is 1.93. The van der Waals surface area contributed by atoms with E-state index in [1.807, 2.05) is 6.20 Å². The van der Waals surface area contributed by atoms with Crippen molar-refractivity contribution in [1.29, 1.82) is 0 Å². The van der Waals surface area contributed by atoms with Crippen LogP contribution >= 0.6 is 0 Å². The summed E-state index contributed by atoms with van der Waals surface area (Å²) in [6, 6.07) is 4.16. The molecule has 0 bridgehead atoms. The van der Waals surface area contributed by atoms with Crippen LogP contribution in [-0.2, 0) is 17.8 Å². The van der Waals surface area contributed by atoms with Crippen molar-refractivity contribution in [2.75, 3.05) is 13.1 Å². The van der Waals surface area contributed by atoms with E-state index >= 15 is 0 Å². The Hall–Kier alpha value is -0.970. The Labute approximate surface area is 116 Å². The van der Waals surface area contributed by atoms with E-state index in [1.54, 1.807) is 0 Å². The summed E-state index contributed by atoms with van der Waals surface area (Å²) >= 11 is 0. The van der Waals surface area contributed by atoms with E-state index < -0.39 is 0 Å². The second-order valence-electron chi connectivity index (χ2n) is 6.63. The molecule has 1 aromatic heterocycles. The summed E-state index contributed by atoms with van der Waals surface area (Å²) in [6.07, 6.45) is 1.84. The lowest BCUT2D eigenvalue weighted by atomic mass is 9.98. The van der Waals surface area contributed by atoms with Crippen molar-refractivity contribution < 1.29 is 4.74 Å². The molecule has 0 radical (unpaired) electrons. The number of nitrogens with two attached hydrogens (primary N) is 1. The van der Waals surface area contributed by atoms with Crippen LogP contribution in [0.3, 0.4) is 0 Å².